The Morgan fingerprint density at radius 2 is 2.26 bits per heavy atom. The summed E-state index contributed by atoms with van der Waals surface area (Å²) in [6.45, 7) is 2.38. The van der Waals surface area contributed by atoms with Crippen molar-refractivity contribution in [3.63, 3.8) is 0 Å². The highest BCUT2D eigenvalue weighted by Gasteiger charge is 2.05. The van der Waals surface area contributed by atoms with E-state index in [4.69, 9.17) is 4.74 Å². The summed E-state index contributed by atoms with van der Waals surface area (Å²) in [5.41, 5.74) is 1.00. The van der Waals surface area contributed by atoms with Crippen molar-refractivity contribution in [1.29, 1.82) is 0 Å². The zero-order valence-electron chi connectivity index (χ0n) is 10.6. The van der Waals surface area contributed by atoms with Crippen LogP contribution in [-0.4, -0.2) is 39.7 Å². The van der Waals surface area contributed by atoms with Gasteiger partial charge < -0.3 is 10.1 Å². The molecule has 0 atom stereocenters. The smallest absolute Gasteiger partial charge is 0.257 e. The number of para-hydroxylation sites is 1. The van der Waals surface area contributed by atoms with E-state index in [1.807, 2.05) is 31.2 Å². The lowest BCUT2D eigenvalue weighted by atomic mass is 10.2. The Kier molecular flexibility index (Phi) is 4.44. The number of hydrogen-bond acceptors (Lipinski definition) is 5. The van der Waals surface area contributed by atoms with Crippen molar-refractivity contribution in [1.82, 2.24) is 25.9 Å². The molecule has 2 aromatic rings. The first-order valence-corrected chi connectivity index (χ1v) is 5.93. The van der Waals surface area contributed by atoms with Crippen LogP contribution >= 0.6 is 0 Å². The van der Waals surface area contributed by atoms with Gasteiger partial charge in [0.05, 0.1) is 0 Å². The summed E-state index contributed by atoms with van der Waals surface area (Å²) >= 11 is 0. The highest BCUT2D eigenvalue weighted by Crippen LogP contribution is 2.15. The third-order valence-corrected chi connectivity index (χ3v) is 2.51. The van der Waals surface area contributed by atoms with Crippen molar-refractivity contribution in [2.75, 3.05) is 13.2 Å². The number of amides is 1. The quantitative estimate of drug-likeness (QED) is 0.777. The fourth-order valence-corrected chi connectivity index (χ4v) is 1.51. The number of H-pyrrole nitrogens is 1. The number of hydrogen-bond donors (Lipinski definition) is 2. The Balaban J connectivity index is 1.69. The van der Waals surface area contributed by atoms with Crippen molar-refractivity contribution in [2.24, 2.45) is 0 Å². The third-order valence-electron chi connectivity index (χ3n) is 2.51. The van der Waals surface area contributed by atoms with Gasteiger partial charge in [-0.15, -0.1) is 10.2 Å². The topological polar surface area (TPSA) is 92.8 Å². The van der Waals surface area contributed by atoms with Gasteiger partial charge in [0.2, 0.25) is 0 Å². The maximum Gasteiger partial charge on any atom is 0.257 e. The first-order valence-electron chi connectivity index (χ1n) is 5.93. The maximum atomic E-state index is 11.6. The molecule has 100 valence electrons. The number of aromatic amines is 1. The SMILES string of the molecule is Cc1ccccc1OCC(=O)NCCc1nn[nH]n1. The largest absolute Gasteiger partial charge is 0.484 e. The van der Waals surface area contributed by atoms with Crippen LogP contribution in [0.1, 0.15) is 11.4 Å². The van der Waals surface area contributed by atoms with Gasteiger partial charge in [-0.25, -0.2) is 0 Å². The minimum atomic E-state index is -0.174. The predicted molar refractivity (Wildman–Crippen MR) is 67.6 cm³/mol. The molecule has 0 saturated carbocycles. The van der Waals surface area contributed by atoms with Crippen LogP contribution in [0.2, 0.25) is 0 Å². The van der Waals surface area contributed by atoms with Gasteiger partial charge >= 0.3 is 0 Å². The van der Waals surface area contributed by atoms with Crippen LogP contribution in [0.25, 0.3) is 0 Å². The Morgan fingerprint density at radius 3 is 3.00 bits per heavy atom. The van der Waals surface area contributed by atoms with Gasteiger partial charge in [-0.2, -0.15) is 5.21 Å². The molecule has 0 saturated heterocycles. The summed E-state index contributed by atoms with van der Waals surface area (Å²) in [4.78, 5) is 11.6. The van der Waals surface area contributed by atoms with E-state index in [9.17, 15) is 4.79 Å². The Morgan fingerprint density at radius 1 is 1.42 bits per heavy atom. The molecule has 0 spiro atoms. The number of aromatic nitrogens is 4. The third kappa shape index (κ3) is 4.06. The van der Waals surface area contributed by atoms with Crippen LogP contribution in [-0.2, 0) is 11.2 Å². The van der Waals surface area contributed by atoms with Crippen LogP contribution in [0, 0.1) is 6.92 Å². The van der Waals surface area contributed by atoms with Crippen molar-refractivity contribution in [3.8, 4) is 5.75 Å². The first kappa shape index (κ1) is 13.0. The zero-order valence-corrected chi connectivity index (χ0v) is 10.6. The van der Waals surface area contributed by atoms with Crippen LogP contribution in [0.5, 0.6) is 5.75 Å². The van der Waals surface area contributed by atoms with Crippen LogP contribution in [0.4, 0.5) is 0 Å². The number of carbonyl (C=O) groups excluding carboxylic acids is 1. The summed E-state index contributed by atoms with van der Waals surface area (Å²) < 4.78 is 5.42. The monoisotopic (exact) mass is 261 g/mol. The minimum Gasteiger partial charge on any atom is -0.484 e. The van der Waals surface area contributed by atoms with Crippen molar-refractivity contribution in [3.05, 3.63) is 35.7 Å². The summed E-state index contributed by atoms with van der Waals surface area (Å²) in [7, 11) is 0. The van der Waals surface area contributed by atoms with Gasteiger partial charge in [-0.1, -0.05) is 23.4 Å². The molecule has 1 aromatic carbocycles. The van der Waals surface area contributed by atoms with E-state index in [0.29, 0.717) is 18.8 Å². The first-order chi connectivity index (χ1) is 9.25. The molecule has 0 aliphatic heterocycles. The summed E-state index contributed by atoms with van der Waals surface area (Å²) in [6.07, 6.45) is 0.534. The minimum absolute atomic E-state index is 0.00288. The van der Waals surface area contributed by atoms with Crippen LogP contribution < -0.4 is 10.1 Å². The number of ether oxygens (including phenoxy) is 1. The van der Waals surface area contributed by atoms with Gasteiger partial charge in [0, 0.05) is 13.0 Å². The summed E-state index contributed by atoms with van der Waals surface area (Å²) in [5, 5.41) is 16.1. The predicted octanol–water partition coefficient (Wildman–Crippen LogP) is 0.246. The van der Waals surface area contributed by atoms with E-state index in [1.165, 1.54) is 0 Å². The fourth-order valence-electron chi connectivity index (χ4n) is 1.51. The number of rotatable bonds is 6. The lowest BCUT2D eigenvalue weighted by molar-refractivity contribution is -0.123. The van der Waals surface area contributed by atoms with E-state index in [1.54, 1.807) is 0 Å². The van der Waals surface area contributed by atoms with Crippen molar-refractivity contribution in [2.45, 2.75) is 13.3 Å². The summed E-state index contributed by atoms with van der Waals surface area (Å²) in [6, 6.07) is 7.56. The average molecular weight is 261 g/mol. The Labute approximate surface area is 110 Å². The van der Waals surface area contributed by atoms with E-state index in [2.05, 4.69) is 25.9 Å². The number of tetrazole rings is 1. The molecular weight excluding hydrogens is 246 g/mol. The zero-order chi connectivity index (χ0) is 13.5. The van der Waals surface area contributed by atoms with E-state index in [-0.39, 0.29) is 12.5 Å². The molecule has 1 aromatic heterocycles. The molecule has 1 amide bonds. The molecule has 0 fully saturated rings. The average Bonchev–Trinajstić information content (AvgIpc) is 2.91. The number of nitrogens with one attached hydrogen (secondary N) is 2. The normalized spacial score (nSPS) is 10.2. The molecule has 0 aliphatic carbocycles. The van der Waals surface area contributed by atoms with Crippen molar-refractivity contribution < 1.29 is 9.53 Å². The molecule has 0 unspecified atom stereocenters. The standard InChI is InChI=1S/C12H15N5O2/c1-9-4-2-3-5-10(9)19-8-12(18)13-7-6-11-14-16-17-15-11/h2-5H,6-8H2,1H3,(H,13,18)(H,14,15,16,17). The second-order valence-corrected chi connectivity index (χ2v) is 3.98. The Bertz CT molecular complexity index is 527. The van der Waals surface area contributed by atoms with E-state index in [0.717, 1.165) is 11.3 Å². The van der Waals surface area contributed by atoms with Gasteiger partial charge in [0.1, 0.15) is 5.75 Å². The van der Waals surface area contributed by atoms with Crippen LogP contribution in [0.15, 0.2) is 24.3 Å². The van der Waals surface area contributed by atoms with Crippen LogP contribution in [0.3, 0.4) is 0 Å². The number of carbonyl (C=O) groups is 1. The highest BCUT2D eigenvalue weighted by molar-refractivity contribution is 5.77. The lowest BCUT2D eigenvalue weighted by Crippen LogP contribution is -2.30. The molecule has 0 radical (unpaired) electrons. The molecule has 7 nitrogen and oxygen atoms in total. The molecule has 0 aliphatic rings. The molecule has 2 N–H and O–H groups in total. The number of aryl methyl sites for hydroxylation is 1. The molecule has 7 heteroatoms. The van der Waals surface area contributed by atoms with Gasteiger partial charge in [-0.05, 0) is 18.6 Å². The highest BCUT2D eigenvalue weighted by atomic mass is 16.5. The maximum absolute atomic E-state index is 11.6. The molecule has 19 heavy (non-hydrogen) atoms. The second kappa shape index (κ2) is 6.48. The van der Waals surface area contributed by atoms with Crippen molar-refractivity contribution >= 4 is 5.91 Å². The van der Waals surface area contributed by atoms with Gasteiger partial charge in [0.25, 0.3) is 5.91 Å². The van der Waals surface area contributed by atoms with Gasteiger partial charge in [-0.3, -0.25) is 4.79 Å². The fraction of sp³-hybridized carbons (Fsp3) is 0.333. The number of nitrogens with zero attached hydrogens (tertiary/aromatic N) is 3. The second-order valence-electron chi connectivity index (χ2n) is 3.98. The summed E-state index contributed by atoms with van der Waals surface area (Å²) in [5.74, 6) is 1.11. The van der Waals surface area contributed by atoms with E-state index < -0.39 is 0 Å². The molecule has 1 heterocycles. The Hall–Kier alpha value is -2.44. The van der Waals surface area contributed by atoms with Gasteiger partial charge in [0.15, 0.2) is 12.4 Å². The lowest BCUT2D eigenvalue weighted by Gasteiger charge is -2.08. The number of benzene rings is 1. The molecule has 2 rings (SSSR count). The molecular formula is C12H15N5O2. The van der Waals surface area contributed by atoms with E-state index >= 15 is 0 Å². The molecule has 0 bridgehead atoms.